The predicted octanol–water partition coefficient (Wildman–Crippen LogP) is 4.47. The van der Waals surface area contributed by atoms with Crippen LogP contribution < -0.4 is 4.80 Å². The number of esters is 1. The van der Waals surface area contributed by atoms with Gasteiger partial charge >= 0.3 is 5.97 Å². The zero-order valence-corrected chi connectivity index (χ0v) is 22.8. The third-order valence-corrected chi connectivity index (χ3v) is 9.16. The summed E-state index contributed by atoms with van der Waals surface area (Å²) in [6.07, 6.45) is 2.71. The fourth-order valence-electron chi connectivity index (χ4n) is 4.68. The molecule has 4 rings (SSSR count). The van der Waals surface area contributed by atoms with Crippen LogP contribution in [0.3, 0.4) is 0 Å². The number of carbonyl (C=O) groups excluding carboxylic acids is 2. The number of ether oxygens (including phenoxy) is 1. The molecule has 1 amide bonds. The number of piperidine rings is 1. The lowest BCUT2D eigenvalue weighted by Gasteiger charge is -2.34. The first-order valence-electron chi connectivity index (χ1n) is 12.2. The molecule has 10 heteroatoms. The fourth-order valence-corrected chi connectivity index (χ4v) is 7.43. The van der Waals surface area contributed by atoms with Gasteiger partial charge in [-0.2, -0.15) is 9.30 Å². The van der Waals surface area contributed by atoms with Crippen molar-refractivity contribution in [1.82, 2.24) is 8.87 Å². The Labute approximate surface area is 221 Å². The molecule has 3 aromatic rings. The SMILES string of the molecule is C=CCn1c(=NC(=O)c2ccc(S(=O)(=O)N3C[C@H](C)C[C@@H](C)C3)cc2)sc2cc(C(=O)OCC)ccc21. The van der Waals surface area contributed by atoms with E-state index < -0.39 is 21.9 Å². The summed E-state index contributed by atoms with van der Waals surface area (Å²) in [5.74, 6) is -0.296. The van der Waals surface area contributed by atoms with Crippen molar-refractivity contribution in [3.05, 3.63) is 71.0 Å². The largest absolute Gasteiger partial charge is 0.462 e. The van der Waals surface area contributed by atoms with E-state index in [1.54, 1.807) is 31.2 Å². The number of carbonyl (C=O) groups is 2. The summed E-state index contributed by atoms with van der Waals surface area (Å²) >= 11 is 1.28. The normalized spacial score (nSPS) is 19.2. The Morgan fingerprint density at radius 1 is 1.11 bits per heavy atom. The molecular formula is C27H31N3O5S2. The average Bonchev–Trinajstić information content (AvgIpc) is 3.20. The van der Waals surface area contributed by atoms with Crippen LogP contribution in [-0.4, -0.2) is 48.9 Å². The second-order valence-corrected chi connectivity index (χ2v) is 12.3. The predicted molar refractivity (Wildman–Crippen MR) is 144 cm³/mol. The van der Waals surface area contributed by atoms with Crippen LogP contribution in [0.15, 0.2) is 65.0 Å². The number of fused-ring (bicyclic) bond motifs is 1. The first-order valence-corrected chi connectivity index (χ1v) is 14.5. The Morgan fingerprint density at radius 2 is 1.76 bits per heavy atom. The standard InChI is InChI=1S/C27H31N3O5S2/c1-5-13-30-23-12-9-21(26(32)35-6-2)15-24(23)36-27(30)28-25(31)20-7-10-22(11-8-20)37(33,34)29-16-18(3)14-19(4)17-29/h5,7-12,15,18-19H,1,6,13-14,16-17H2,2-4H3/t18-,19-/m1/s1. The quantitative estimate of drug-likeness (QED) is 0.325. The van der Waals surface area contributed by atoms with E-state index in [1.807, 2.05) is 4.57 Å². The molecule has 0 N–H and O–H groups in total. The van der Waals surface area contributed by atoms with E-state index in [4.69, 9.17) is 4.74 Å². The monoisotopic (exact) mass is 541 g/mol. The van der Waals surface area contributed by atoms with Crippen LogP contribution >= 0.6 is 11.3 Å². The molecular weight excluding hydrogens is 510 g/mol. The lowest BCUT2D eigenvalue weighted by atomic mass is 9.94. The van der Waals surface area contributed by atoms with Crippen molar-refractivity contribution in [1.29, 1.82) is 0 Å². The number of amides is 1. The van der Waals surface area contributed by atoms with Crippen LogP contribution in [0.4, 0.5) is 0 Å². The summed E-state index contributed by atoms with van der Waals surface area (Å²) < 4.78 is 35.6. The van der Waals surface area contributed by atoms with Crippen molar-refractivity contribution in [2.45, 2.75) is 38.6 Å². The van der Waals surface area contributed by atoms with Crippen LogP contribution in [0.1, 0.15) is 47.9 Å². The molecule has 1 aromatic heterocycles. The van der Waals surface area contributed by atoms with Crippen LogP contribution in [0.5, 0.6) is 0 Å². The Balaban J connectivity index is 1.64. The molecule has 8 nitrogen and oxygen atoms in total. The number of hydrogen-bond donors (Lipinski definition) is 0. The van der Waals surface area contributed by atoms with Crippen molar-refractivity contribution in [3.63, 3.8) is 0 Å². The van der Waals surface area contributed by atoms with Gasteiger partial charge in [-0.15, -0.1) is 6.58 Å². The first kappa shape index (κ1) is 27.0. The summed E-state index contributed by atoms with van der Waals surface area (Å²) in [4.78, 5) is 30.1. The highest BCUT2D eigenvalue weighted by Gasteiger charge is 2.31. The molecule has 1 aliphatic rings. The molecule has 0 saturated carbocycles. The van der Waals surface area contributed by atoms with Gasteiger partial charge in [0.25, 0.3) is 5.91 Å². The van der Waals surface area contributed by atoms with Crippen LogP contribution in [0.25, 0.3) is 10.2 Å². The van der Waals surface area contributed by atoms with Crippen LogP contribution in [0.2, 0.25) is 0 Å². The van der Waals surface area contributed by atoms with E-state index in [0.29, 0.717) is 41.8 Å². The molecule has 37 heavy (non-hydrogen) atoms. The molecule has 1 saturated heterocycles. The number of rotatable bonds is 7. The smallest absolute Gasteiger partial charge is 0.338 e. The van der Waals surface area contributed by atoms with Crippen molar-refractivity contribution < 1.29 is 22.7 Å². The van der Waals surface area contributed by atoms with E-state index >= 15 is 0 Å². The number of aromatic nitrogens is 1. The molecule has 0 unspecified atom stereocenters. The van der Waals surface area contributed by atoms with Crippen molar-refractivity contribution in [3.8, 4) is 0 Å². The summed E-state index contributed by atoms with van der Waals surface area (Å²) in [7, 11) is -3.64. The Bertz CT molecular complexity index is 1490. The maximum absolute atomic E-state index is 13.2. The maximum atomic E-state index is 13.2. The lowest BCUT2D eigenvalue weighted by molar-refractivity contribution is 0.0526. The highest BCUT2D eigenvalue weighted by atomic mass is 32.2. The number of hydrogen-bond acceptors (Lipinski definition) is 6. The van der Waals surface area contributed by atoms with Gasteiger partial charge in [0.2, 0.25) is 10.0 Å². The summed E-state index contributed by atoms with van der Waals surface area (Å²) in [5, 5.41) is 0. The minimum atomic E-state index is -3.64. The molecule has 1 fully saturated rings. The third kappa shape index (κ3) is 5.76. The first-order chi connectivity index (χ1) is 17.6. The van der Waals surface area contributed by atoms with Crippen molar-refractivity contribution in [2.24, 2.45) is 16.8 Å². The number of benzene rings is 2. The second-order valence-electron chi connectivity index (χ2n) is 9.40. The molecule has 2 atom stereocenters. The molecule has 0 aliphatic carbocycles. The van der Waals surface area contributed by atoms with Gasteiger partial charge in [-0.25, -0.2) is 13.2 Å². The molecule has 1 aliphatic heterocycles. The zero-order chi connectivity index (χ0) is 26.7. The molecule has 196 valence electrons. The Morgan fingerprint density at radius 3 is 2.38 bits per heavy atom. The molecule has 2 heterocycles. The Hall–Kier alpha value is -3.08. The molecule has 0 bridgehead atoms. The molecule has 0 spiro atoms. The summed E-state index contributed by atoms with van der Waals surface area (Å²) in [5.41, 5.74) is 1.53. The van der Waals surface area contributed by atoms with Crippen LogP contribution in [-0.2, 0) is 21.3 Å². The summed E-state index contributed by atoms with van der Waals surface area (Å²) in [6, 6.07) is 11.1. The van der Waals surface area contributed by atoms with E-state index in [2.05, 4.69) is 25.4 Å². The van der Waals surface area contributed by atoms with E-state index in [-0.39, 0.29) is 17.1 Å². The minimum absolute atomic E-state index is 0.167. The number of allylic oxidation sites excluding steroid dienone is 1. The maximum Gasteiger partial charge on any atom is 0.338 e. The number of sulfonamides is 1. The number of thiazole rings is 1. The third-order valence-electron chi connectivity index (χ3n) is 6.28. The fraction of sp³-hybridized carbons (Fsp3) is 0.370. The average molecular weight is 542 g/mol. The van der Waals surface area contributed by atoms with E-state index in [0.717, 1.165) is 16.6 Å². The Kier molecular flexibility index (Phi) is 8.11. The van der Waals surface area contributed by atoms with Gasteiger partial charge < -0.3 is 9.30 Å². The molecule has 0 radical (unpaired) electrons. The van der Waals surface area contributed by atoms with Crippen molar-refractivity contribution in [2.75, 3.05) is 19.7 Å². The second kappa shape index (κ2) is 11.1. The van der Waals surface area contributed by atoms with Gasteiger partial charge in [0.1, 0.15) is 0 Å². The van der Waals surface area contributed by atoms with E-state index in [1.165, 1.54) is 39.9 Å². The minimum Gasteiger partial charge on any atom is -0.462 e. The summed E-state index contributed by atoms with van der Waals surface area (Å²) in [6.45, 7) is 11.4. The lowest BCUT2D eigenvalue weighted by Crippen LogP contribution is -2.42. The molecule has 2 aromatic carbocycles. The highest BCUT2D eigenvalue weighted by molar-refractivity contribution is 7.89. The van der Waals surface area contributed by atoms with Gasteiger partial charge in [-0.1, -0.05) is 31.3 Å². The van der Waals surface area contributed by atoms with Gasteiger partial charge in [0.15, 0.2) is 4.80 Å². The van der Waals surface area contributed by atoms with E-state index in [9.17, 15) is 18.0 Å². The van der Waals surface area contributed by atoms with Gasteiger partial charge in [-0.3, -0.25) is 4.79 Å². The van der Waals surface area contributed by atoms with Gasteiger partial charge in [-0.05, 0) is 67.6 Å². The van der Waals surface area contributed by atoms with Gasteiger partial charge in [0, 0.05) is 25.2 Å². The van der Waals surface area contributed by atoms with Gasteiger partial charge in [0.05, 0.1) is 27.3 Å². The topological polar surface area (TPSA) is 98.0 Å². The van der Waals surface area contributed by atoms with Crippen molar-refractivity contribution >= 4 is 43.5 Å². The zero-order valence-electron chi connectivity index (χ0n) is 21.2. The highest BCUT2D eigenvalue weighted by Crippen LogP contribution is 2.27. The van der Waals surface area contributed by atoms with Crippen LogP contribution in [0, 0.1) is 11.8 Å². The number of nitrogens with zero attached hydrogens (tertiary/aromatic N) is 3.